The minimum absolute atomic E-state index is 0. The number of nitrogens with one attached hydrogen (secondary N) is 1. The van der Waals surface area contributed by atoms with Gasteiger partial charge in [-0.3, -0.25) is 9.89 Å². The second-order valence-corrected chi connectivity index (χ2v) is 5.41. The van der Waals surface area contributed by atoms with E-state index in [1.165, 1.54) is 16.8 Å². The molecule has 1 heterocycles. The largest absolute Gasteiger partial charge is 0.401 e. The summed E-state index contributed by atoms with van der Waals surface area (Å²) < 4.78 is 36.2. The van der Waals surface area contributed by atoms with Gasteiger partial charge in [-0.05, 0) is 24.9 Å². The maximum atomic E-state index is 12.1. The number of nitrogens with zero attached hydrogens (tertiary/aromatic N) is 2. The molecule has 0 amide bonds. The molecule has 0 unspecified atom stereocenters. The van der Waals surface area contributed by atoms with Gasteiger partial charge < -0.3 is 11.1 Å². The summed E-state index contributed by atoms with van der Waals surface area (Å²) in [7, 11) is 1.41. The molecule has 0 spiro atoms. The molecule has 0 aromatic carbocycles. The second kappa shape index (κ2) is 10.2. The predicted molar refractivity (Wildman–Crippen MR) is 91.5 cm³/mol. The quantitative estimate of drug-likeness (QED) is 0.392. The van der Waals surface area contributed by atoms with Crippen LogP contribution >= 0.6 is 35.3 Å². The number of nitrogens with two attached hydrogens (primary N) is 1. The van der Waals surface area contributed by atoms with Gasteiger partial charge in [0, 0.05) is 18.0 Å². The molecular weight excluding hydrogens is 416 g/mol. The highest BCUT2D eigenvalue weighted by molar-refractivity contribution is 14.0. The molecule has 21 heavy (non-hydrogen) atoms. The summed E-state index contributed by atoms with van der Waals surface area (Å²) in [5.74, 6) is 0.266. The standard InChI is InChI=1S/C12H19F3N4S.HI/c1-19(9-12(13,14)15)7-6-18-11(16)17-5-4-10-3-2-8-20-10;/h2-3,8H,4-7,9H2,1H3,(H3,16,17,18);1H. The molecule has 0 radical (unpaired) electrons. The van der Waals surface area contributed by atoms with Gasteiger partial charge >= 0.3 is 6.18 Å². The molecule has 9 heteroatoms. The van der Waals surface area contributed by atoms with Crippen molar-refractivity contribution in [3.8, 4) is 0 Å². The van der Waals surface area contributed by atoms with Gasteiger partial charge in [-0.15, -0.1) is 35.3 Å². The molecular formula is C12H20F3IN4S. The Morgan fingerprint density at radius 2 is 2.19 bits per heavy atom. The molecule has 1 aromatic rings. The molecule has 0 aliphatic rings. The van der Waals surface area contributed by atoms with Crippen molar-refractivity contribution >= 4 is 41.3 Å². The van der Waals surface area contributed by atoms with Crippen molar-refractivity contribution in [2.75, 3.05) is 33.2 Å². The van der Waals surface area contributed by atoms with Crippen LogP contribution < -0.4 is 11.1 Å². The lowest BCUT2D eigenvalue weighted by Gasteiger charge is -2.17. The van der Waals surface area contributed by atoms with E-state index in [9.17, 15) is 13.2 Å². The minimum Gasteiger partial charge on any atom is -0.370 e. The van der Waals surface area contributed by atoms with Crippen LogP contribution in [0.15, 0.2) is 22.5 Å². The number of thiophene rings is 1. The zero-order valence-electron chi connectivity index (χ0n) is 11.7. The van der Waals surface area contributed by atoms with E-state index < -0.39 is 12.7 Å². The predicted octanol–water partition coefficient (Wildman–Crippen LogP) is 2.31. The highest BCUT2D eigenvalue weighted by Crippen LogP contribution is 2.15. The van der Waals surface area contributed by atoms with Crippen LogP contribution in [0.2, 0.25) is 0 Å². The van der Waals surface area contributed by atoms with E-state index in [4.69, 9.17) is 5.73 Å². The third-order valence-corrected chi connectivity index (χ3v) is 3.41. The molecule has 0 aliphatic carbocycles. The van der Waals surface area contributed by atoms with Crippen LogP contribution in [0, 0.1) is 0 Å². The van der Waals surface area contributed by atoms with Gasteiger partial charge in [0.2, 0.25) is 0 Å². The second-order valence-electron chi connectivity index (χ2n) is 4.38. The molecule has 3 N–H and O–H groups in total. The number of aliphatic imine (C=N–C) groups is 1. The van der Waals surface area contributed by atoms with Crippen molar-refractivity contribution in [1.29, 1.82) is 0 Å². The molecule has 1 aromatic heterocycles. The third kappa shape index (κ3) is 10.8. The zero-order valence-corrected chi connectivity index (χ0v) is 14.8. The van der Waals surface area contributed by atoms with E-state index >= 15 is 0 Å². The van der Waals surface area contributed by atoms with E-state index in [1.54, 1.807) is 11.3 Å². The van der Waals surface area contributed by atoms with Crippen LogP contribution in [0.3, 0.4) is 0 Å². The summed E-state index contributed by atoms with van der Waals surface area (Å²) in [4.78, 5) is 6.41. The van der Waals surface area contributed by atoms with Crippen molar-refractivity contribution < 1.29 is 13.2 Å². The zero-order chi connectivity index (χ0) is 15.0. The van der Waals surface area contributed by atoms with Crippen LogP contribution in [0.1, 0.15) is 4.88 Å². The molecule has 0 bridgehead atoms. The first-order valence-electron chi connectivity index (χ1n) is 6.18. The Balaban J connectivity index is 0.00000400. The average molecular weight is 436 g/mol. The van der Waals surface area contributed by atoms with Crippen molar-refractivity contribution in [3.05, 3.63) is 22.4 Å². The van der Waals surface area contributed by atoms with Gasteiger partial charge in [-0.25, -0.2) is 0 Å². The number of hydrogen-bond donors (Lipinski definition) is 2. The fourth-order valence-electron chi connectivity index (χ4n) is 1.55. The van der Waals surface area contributed by atoms with Crippen LogP contribution in [0.25, 0.3) is 0 Å². The Bertz CT molecular complexity index is 409. The lowest BCUT2D eigenvalue weighted by molar-refractivity contribution is -0.142. The smallest absolute Gasteiger partial charge is 0.370 e. The molecule has 4 nitrogen and oxygen atoms in total. The number of likely N-dealkylation sites (N-methyl/N-ethyl adjacent to an activating group) is 1. The van der Waals surface area contributed by atoms with Crippen LogP contribution in [0.5, 0.6) is 0 Å². The Labute approximate surface area is 143 Å². The third-order valence-electron chi connectivity index (χ3n) is 2.47. The monoisotopic (exact) mass is 436 g/mol. The normalized spacial score (nSPS) is 12.3. The van der Waals surface area contributed by atoms with E-state index in [2.05, 4.69) is 10.3 Å². The lowest BCUT2D eigenvalue weighted by Crippen LogP contribution is -2.35. The number of rotatable bonds is 7. The maximum absolute atomic E-state index is 12.1. The molecule has 0 saturated heterocycles. The number of halogens is 4. The number of guanidine groups is 1. The fraction of sp³-hybridized carbons (Fsp3) is 0.583. The van der Waals surface area contributed by atoms with Crippen LogP contribution in [-0.2, 0) is 6.42 Å². The van der Waals surface area contributed by atoms with Gasteiger partial charge in [0.25, 0.3) is 0 Å². The minimum atomic E-state index is -4.18. The van der Waals surface area contributed by atoms with Crippen molar-refractivity contribution in [3.63, 3.8) is 0 Å². The summed E-state index contributed by atoms with van der Waals surface area (Å²) in [6.45, 7) is 0.180. The molecule has 122 valence electrons. The summed E-state index contributed by atoms with van der Waals surface area (Å²) in [6, 6.07) is 4.01. The summed E-state index contributed by atoms with van der Waals surface area (Å²) in [5, 5.41) is 4.94. The topological polar surface area (TPSA) is 53.6 Å². The molecule has 0 fully saturated rings. The van der Waals surface area contributed by atoms with Gasteiger partial charge in [-0.1, -0.05) is 6.07 Å². The lowest BCUT2D eigenvalue weighted by atomic mass is 10.3. The summed E-state index contributed by atoms with van der Waals surface area (Å²) >= 11 is 1.67. The number of alkyl halides is 3. The first kappa shape index (κ1) is 20.5. The first-order chi connectivity index (χ1) is 9.37. The summed E-state index contributed by atoms with van der Waals surface area (Å²) in [5.41, 5.74) is 5.63. The highest BCUT2D eigenvalue weighted by Gasteiger charge is 2.28. The van der Waals surface area contributed by atoms with Gasteiger partial charge in [0.05, 0.1) is 13.1 Å². The maximum Gasteiger partial charge on any atom is 0.401 e. The summed E-state index contributed by atoms with van der Waals surface area (Å²) in [6.07, 6.45) is -3.33. The van der Waals surface area contributed by atoms with Gasteiger partial charge in [0.15, 0.2) is 5.96 Å². The molecule has 0 saturated carbocycles. The van der Waals surface area contributed by atoms with Crippen molar-refractivity contribution in [2.24, 2.45) is 10.7 Å². The van der Waals surface area contributed by atoms with Crippen molar-refractivity contribution in [1.82, 2.24) is 10.2 Å². The fourth-order valence-corrected chi connectivity index (χ4v) is 2.26. The van der Waals surface area contributed by atoms with Crippen LogP contribution in [-0.4, -0.2) is 50.3 Å². The van der Waals surface area contributed by atoms with E-state index in [1.807, 2.05) is 17.5 Å². The number of hydrogen-bond acceptors (Lipinski definition) is 3. The van der Waals surface area contributed by atoms with E-state index in [-0.39, 0.29) is 43.0 Å². The Morgan fingerprint density at radius 3 is 2.76 bits per heavy atom. The van der Waals surface area contributed by atoms with Gasteiger partial charge in [-0.2, -0.15) is 13.2 Å². The Kier molecular flexibility index (Phi) is 9.95. The highest BCUT2D eigenvalue weighted by atomic mass is 127. The Hall–Kier alpha value is -0.550. The van der Waals surface area contributed by atoms with Crippen LogP contribution in [0.4, 0.5) is 13.2 Å². The molecule has 1 rings (SSSR count). The van der Waals surface area contributed by atoms with Gasteiger partial charge in [0.1, 0.15) is 0 Å². The molecule has 0 atom stereocenters. The molecule has 0 aliphatic heterocycles. The Morgan fingerprint density at radius 1 is 1.48 bits per heavy atom. The van der Waals surface area contributed by atoms with E-state index in [0.29, 0.717) is 6.54 Å². The SMILES string of the molecule is CN(CCN=C(N)NCCc1cccs1)CC(F)(F)F.I. The van der Waals surface area contributed by atoms with E-state index in [0.717, 1.165) is 6.42 Å². The van der Waals surface area contributed by atoms with Crippen molar-refractivity contribution in [2.45, 2.75) is 12.6 Å². The average Bonchev–Trinajstić information content (AvgIpc) is 2.79. The first-order valence-corrected chi connectivity index (χ1v) is 7.06.